The third-order valence-electron chi connectivity index (χ3n) is 4.15. The summed E-state index contributed by atoms with van der Waals surface area (Å²) in [7, 11) is 1.92. The Morgan fingerprint density at radius 3 is 2.76 bits per heavy atom. The molecule has 1 saturated heterocycles. The number of rotatable bonds is 4. The number of hydrogen-bond acceptors (Lipinski definition) is 6. The summed E-state index contributed by atoms with van der Waals surface area (Å²) in [5.41, 5.74) is 0. The van der Waals surface area contributed by atoms with Gasteiger partial charge in [-0.2, -0.15) is 4.37 Å². The number of hydrogen-bond donors (Lipinski definition) is 1. The van der Waals surface area contributed by atoms with Crippen molar-refractivity contribution in [3.63, 3.8) is 0 Å². The first-order chi connectivity index (χ1) is 10.2. The Labute approximate surface area is 128 Å². The van der Waals surface area contributed by atoms with Crippen LogP contribution in [0.15, 0.2) is 12.4 Å². The summed E-state index contributed by atoms with van der Waals surface area (Å²) in [6, 6.07) is 0. The number of aliphatic hydroxyl groups is 1. The van der Waals surface area contributed by atoms with Crippen molar-refractivity contribution >= 4 is 16.7 Å². The summed E-state index contributed by atoms with van der Waals surface area (Å²) >= 11 is 1.48. The molecule has 1 atom stereocenters. The zero-order valence-electron chi connectivity index (χ0n) is 12.4. The van der Waals surface area contributed by atoms with Gasteiger partial charge in [0.2, 0.25) is 5.13 Å². The number of imidazole rings is 1. The molecule has 1 unspecified atom stereocenters. The minimum atomic E-state index is -0.479. The van der Waals surface area contributed by atoms with E-state index in [4.69, 9.17) is 0 Å². The predicted molar refractivity (Wildman–Crippen MR) is 82.4 cm³/mol. The molecule has 114 valence electrons. The zero-order chi connectivity index (χ0) is 14.8. The summed E-state index contributed by atoms with van der Waals surface area (Å²) < 4.78 is 6.24. The maximum absolute atomic E-state index is 10.5. The van der Waals surface area contributed by atoms with Crippen molar-refractivity contribution in [1.29, 1.82) is 0 Å². The van der Waals surface area contributed by atoms with E-state index in [0.717, 1.165) is 49.1 Å². The monoisotopic (exact) mass is 307 g/mol. The van der Waals surface area contributed by atoms with E-state index in [1.807, 2.05) is 17.8 Å². The van der Waals surface area contributed by atoms with E-state index in [-0.39, 0.29) is 5.92 Å². The highest BCUT2D eigenvalue weighted by Crippen LogP contribution is 2.32. The second-order valence-corrected chi connectivity index (χ2v) is 6.24. The van der Waals surface area contributed by atoms with Gasteiger partial charge in [-0.25, -0.2) is 9.97 Å². The molecule has 3 rings (SSSR count). The quantitative estimate of drug-likeness (QED) is 0.932. The largest absolute Gasteiger partial charge is 0.385 e. The maximum atomic E-state index is 10.5. The number of piperidine rings is 1. The highest BCUT2D eigenvalue weighted by molar-refractivity contribution is 7.09. The van der Waals surface area contributed by atoms with Crippen molar-refractivity contribution in [1.82, 2.24) is 18.9 Å². The molecule has 0 bridgehead atoms. The second-order valence-electron chi connectivity index (χ2n) is 5.51. The van der Waals surface area contributed by atoms with E-state index in [1.165, 1.54) is 11.5 Å². The second kappa shape index (κ2) is 6.11. The van der Waals surface area contributed by atoms with Crippen LogP contribution in [0, 0.1) is 5.92 Å². The third-order valence-corrected chi connectivity index (χ3v) is 4.97. The fraction of sp³-hybridized carbons (Fsp3) is 0.643. The van der Waals surface area contributed by atoms with E-state index in [0.29, 0.717) is 0 Å². The van der Waals surface area contributed by atoms with Gasteiger partial charge in [-0.1, -0.05) is 6.92 Å². The molecule has 21 heavy (non-hydrogen) atoms. The van der Waals surface area contributed by atoms with Crippen LogP contribution in [0.4, 0.5) is 5.13 Å². The first-order valence-corrected chi connectivity index (χ1v) is 8.19. The summed E-state index contributed by atoms with van der Waals surface area (Å²) in [6.45, 7) is 3.91. The zero-order valence-corrected chi connectivity index (χ0v) is 13.3. The Balaban J connectivity index is 1.61. The third kappa shape index (κ3) is 2.94. The fourth-order valence-corrected chi connectivity index (χ4v) is 3.60. The smallest absolute Gasteiger partial charge is 0.205 e. The maximum Gasteiger partial charge on any atom is 0.205 e. The molecule has 0 saturated carbocycles. The van der Waals surface area contributed by atoms with E-state index in [1.54, 1.807) is 6.20 Å². The molecule has 7 heteroatoms. The van der Waals surface area contributed by atoms with E-state index in [9.17, 15) is 5.11 Å². The van der Waals surface area contributed by atoms with Crippen LogP contribution in [-0.2, 0) is 13.5 Å². The number of aliphatic hydroxyl groups excluding tert-OH is 1. The molecule has 0 aliphatic carbocycles. The molecule has 2 aromatic rings. The number of aryl methyl sites for hydroxylation is 2. The van der Waals surface area contributed by atoms with Crippen LogP contribution in [0.2, 0.25) is 0 Å². The molecule has 0 spiro atoms. The molecule has 2 aromatic heterocycles. The van der Waals surface area contributed by atoms with E-state index in [2.05, 4.69) is 26.2 Å². The first kappa shape index (κ1) is 14.5. The van der Waals surface area contributed by atoms with Crippen molar-refractivity contribution in [2.24, 2.45) is 13.0 Å². The van der Waals surface area contributed by atoms with Gasteiger partial charge in [-0.05, 0) is 18.8 Å². The minimum absolute atomic E-state index is 0.265. The van der Waals surface area contributed by atoms with Gasteiger partial charge in [-0.3, -0.25) is 0 Å². The molecule has 1 aliphatic rings. The normalized spacial score (nSPS) is 18.1. The standard InChI is InChI=1S/C14H21N5OS/c1-3-11-16-14(21-17-11)19-7-4-10(5-8-19)12(20)13-15-6-9-18(13)2/h6,9-10,12,20H,3-5,7-8H2,1-2H3. The Kier molecular flexibility index (Phi) is 4.21. The molecule has 1 fully saturated rings. The van der Waals surface area contributed by atoms with Crippen LogP contribution < -0.4 is 4.90 Å². The highest BCUT2D eigenvalue weighted by Gasteiger charge is 2.29. The molecular weight excluding hydrogens is 286 g/mol. The Bertz CT molecular complexity index is 588. The lowest BCUT2D eigenvalue weighted by Crippen LogP contribution is -2.36. The Morgan fingerprint density at radius 2 is 2.19 bits per heavy atom. The molecule has 0 amide bonds. The molecular formula is C14H21N5OS. The van der Waals surface area contributed by atoms with Gasteiger partial charge in [0.25, 0.3) is 0 Å². The summed E-state index contributed by atoms with van der Waals surface area (Å²) in [6.07, 6.45) is 5.92. The van der Waals surface area contributed by atoms with Gasteiger partial charge in [0.15, 0.2) is 0 Å². The van der Waals surface area contributed by atoms with Crippen molar-refractivity contribution in [2.75, 3.05) is 18.0 Å². The number of aromatic nitrogens is 4. The molecule has 0 radical (unpaired) electrons. The van der Waals surface area contributed by atoms with Crippen LogP contribution in [0.1, 0.15) is 37.5 Å². The average molecular weight is 307 g/mol. The van der Waals surface area contributed by atoms with Crippen molar-refractivity contribution < 1.29 is 5.11 Å². The van der Waals surface area contributed by atoms with Gasteiger partial charge in [0, 0.05) is 50.5 Å². The highest BCUT2D eigenvalue weighted by atomic mass is 32.1. The Morgan fingerprint density at radius 1 is 1.43 bits per heavy atom. The average Bonchev–Trinajstić information content (AvgIpc) is 3.15. The van der Waals surface area contributed by atoms with Crippen LogP contribution in [0.25, 0.3) is 0 Å². The SMILES string of the molecule is CCc1nsc(N2CCC(C(O)c3nccn3C)CC2)n1. The first-order valence-electron chi connectivity index (χ1n) is 7.42. The number of nitrogens with zero attached hydrogens (tertiary/aromatic N) is 5. The van der Waals surface area contributed by atoms with Gasteiger partial charge >= 0.3 is 0 Å². The lowest BCUT2D eigenvalue weighted by atomic mass is 9.91. The summed E-state index contributed by atoms with van der Waals surface area (Å²) in [4.78, 5) is 11.1. The Hall–Kier alpha value is -1.47. The summed E-state index contributed by atoms with van der Waals surface area (Å²) in [5, 5.41) is 11.5. The summed E-state index contributed by atoms with van der Waals surface area (Å²) in [5.74, 6) is 1.95. The van der Waals surface area contributed by atoms with Crippen molar-refractivity contribution in [2.45, 2.75) is 32.3 Å². The van der Waals surface area contributed by atoms with Gasteiger partial charge < -0.3 is 14.6 Å². The van der Waals surface area contributed by atoms with Crippen LogP contribution in [0.5, 0.6) is 0 Å². The van der Waals surface area contributed by atoms with E-state index >= 15 is 0 Å². The molecule has 6 nitrogen and oxygen atoms in total. The minimum Gasteiger partial charge on any atom is -0.385 e. The van der Waals surface area contributed by atoms with Gasteiger partial charge in [0.1, 0.15) is 17.8 Å². The van der Waals surface area contributed by atoms with Gasteiger partial charge in [-0.15, -0.1) is 0 Å². The van der Waals surface area contributed by atoms with Crippen molar-refractivity contribution in [3.8, 4) is 0 Å². The fourth-order valence-electron chi connectivity index (χ4n) is 2.80. The molecule has 0 aromatic carbocycles. The van der Waals surface area contributed by atoms with Crippen molar-refractivity contribution in [3.05, 3.63) is 24.0 Å². The van der Waals surface area contributed by atoms with Crippen LogP contribution >= 0.6 is 11.5 Å². The predicted octanol–water partition coefficient (Wildman–Crippen LogP) is 1.78. The lowest BCUT2D eigenvalue weighted by Gasteiger charge is -2.33. The number of anilines is 1. The lowest BCUT2D eigenvalue weighted by molar-refractivity contribution is 0.0825. The van der Waals surface area contributed by atoms with Crippen LogP contribution in [-0.4, -0.2) is 37.1 Å². The van der Waals surface area contributed by atoms with E-state index < -0.39 is 6.10 Å². The molecule has 1 N–H and O–H groups in total. The topological polar surface area (TPSA) is 67.1 Å². The molecule has 3 heterocycles. The van der Waals surface area contributed by atoms with Gasteiger partial charge in [0.05, 0.1) is 0 Å². The van der Waals surface area contributed by atoms with Crippen LogP contribution in [0.3, 0.4) is 0 Å². The molecule has 1 aliphatic heterocycles.